The maximum absolute atomic E-state index is 13.5. The summed E-state index contributed by atoms with van der Waals surface area (Å²) in [7, 11) is 0. The number of rotatable bonds is 4. The van der Waals surface area contributed by atoms with E-state index in [4.69, 9.17) is 4.74 Å². The van der Waals surface area contributed by atoms with E-state index in [1.165, 1.54) is 43.9 Å². The SMILES string of the molecule is CC1(C)CC[C@]2(C(=O)O)CC[C@]3(COC(=O)c4ccc(O)c(O)c4)[C@H](CC[C@@H]4[C@@]5(C)CCCC(C)(C)[C@@H]5CC[C@]43C)[C@@H]2C1. The van der Waals surface area contributed by atoms with Crippen LogP contribution in [-0.2, 0) is 9.53 Å². The fourth-order valence-electron chi connectivity index (χ4n) is 12.6. The lowest BCUT2D eigenvalue weighted by atomic mass is 9.31. The number of aliphatic carboxylic acids is 1. The molecule has 0 unspecified atom stereocenters. The van der Waals surface area contributed by atoms with Gasteiger partial charge in [0.05, 0.1) is 17.6 Å². The first-order valence-electron chi connectivity index (χ1n) is 16.9. The first-order valence-corrected chi connectivity index (χ1v) is 16.9. The van der Waals surface area contributed by atoms with Gasteiger partial charge in [0, 0.05) is 5.41 Å². The van der Waals surface area contributed by atoms with Crippen LogP contribution < -0.4 is 0 Å². The van der Waals surface area contributed by atoms with Gasteiger partial charge < -0.3 is 20.1 Å². The predicted octanol–water partition coefficient (Wildman–Crippen LogP) is 8.59. The van der Waals surface area contributed by atoms with Gasteiger partial charge in [0.25, 0.3) is 0 Å². The number of esters is 1. The summed E-state index contributed by atoms with van der Waals surface area (Å²) in [5, 5.41) is 30.7. The summed E-state index contributed by atoms with van der Waals surface area (Å²) in [4.78, 5) is 26.7. The predicted molar refractivity (Wildman–Crippen MR) is 166 cm³/mol. The van der Waals surface area contributed by atoms with Gasteiger partial charge in [0.1, 0.15) is 0 Å². The molecule has 0 radical (unpaired) electrons. The van der Waals surface area contributed by atoms with Gasteiger partial charge in [-0.2, -0.15) is 0 Å². The van der Waals surface area contributed by atoms with Gasteiger partial charge in [-0.05, 0) is 134 Å². The number of hydrogen-bond acceptors (Lipinski definition) is 5. The van der Waals surface area contributed by atoms with Crippen LogP contribution >= 0.6 is 0 Å². The van der Waals surface area contributed by atoms with E-state index < -0.39 is 17.4 Å². The van der Waals surface area contributed by atoms with E-state index in [9.17, 15) is 24.9 Å². The number of carbonyl (C=O) groups excluding carboxylic acids is 1. The molecule has 43 heavy (non-hydrogen) atoms. The number of aromatic hydroxyl groups is 2. The summed E-state index contributed by atoms with van der Waals surface area (Å²) in [6.07, 6.45) is 12.1. The number of benzene rings is 1. The molecule has 8 atom stereocenters. The Morgan fingerprint density at radius 1 is 0.814 bits per heavy atom. The molecule has 0 bridgehead atoms. The zero-order valence-corrected chi connectivity index (χ0v) is 27.3. The second-order valence-corrected chi connectivity index (χ2v) is 17.5. The summed E-state index contributed by atoms with van der Waals surface area (Å²) in [5.74, 6) is -0.327. The average Bonchev–Trinajstić information content (AvgIpc) is 2.92. The Bertz CT molecular complexity index is 1300. The first kappa shape index (κ1) is 30.8. The lowest BCUT2D eigenvalue weighted by molar-refractivity contribution is -0.261. The molecule has 5 fully saturated rings. The molecule has 5 aliphatic carbocycles. The van der Waals surface area contributed by atoms with Crippen molar-refractivity contribution in [3.63, 3.8) is 0 Å². The summed E-state index contributed by atoms with van der Waals surface area (Å²) < 4.78 is 6.29. The number of carboxylic acid groups (broad SMARTS) is 1. The van der Waals surface area contributed by atoms with Crippen LogP contribution in [0.1, 0.15) is 129 Å². The lowest BCUT2D eigenvalue weighted by Gasteiger charge is -2.73. The highest BCUT2D eigenvalue weighted by atomic mass is 16.5. The van der Waals surface area contributed by atoms with Crippen LogP contribution in [0, 0.1) is 56.2 Å². The molecule has 6 nitrogen and oxygen atoms in total. The molecule has 5 saturated carbocycles. The number of phenols is 2. The van der Waals surface area contributed by atoms with Crippen LogP contribution in [0.25, 0.3) is 0 Å². The Labute approximate surface area is 258 Å². The number of ether oxygens (including phenoxy) is 1. The largest absolute Gasteiger partial charge is 0.504 e. The first-order chi connectivity index (χ1) is 20.0. The van der Waals surface area contributed by atoms with E-state index in [1.807, 2.05) is 0 Å². The molecule has 0 amide bonds. The number of hydrogen-bond donors (Lipinski definition) is 3. The highest BCUT2D eigenvalue weighted by Crippen LogP contribution is 2.77. The normalized spacial score (nSPS) is 42.8. The minimum atomic E-state index is -0.701. The summed E-state index contributed by atoms with van der Waals surface area (Å²) in [6.45, 7) is 14.9. The maximum Gasteiger partial charge on any atom is 0.338 e. The van der Waals surface area contributed by atoms with Gasteiger partial charge in [0.2, 0.25) is 0 Å². The third-order valence-electron chi connectivity index (χ3n) is 14.7. The average molecular weight is 595 g/mol. The Morgan fingerprint density at radius 3 is 2.23 bits per heavy atom. The van der Waals surface area contributed by atoms with Crippen molar-refractivity contribution < 1.29 is 29.6 Å². The van der Waals surface area contributed by atoms with Crippen molar-refractivity contribution in [3.05, 3.63) is 23.8 Å². The van der Waals surface area contributed by atoms with Crippen LogP contribution in [0.3, 0.4) is 0 Å². The molecule has 0 heterocycles. The van der Waals surface area contributed by atoms with Gasteiger partial charge in [0.15, 0.2) is 11.5 Å². The van der Waals surface area contributed by atoms with Gasteiger partial charge in [-0.1, -0.05) is 48.0 Å². The monoisotopic (exact) mass is 594 g/mol. The van der Waals surface area contributed by atoms with Crippen LogP contribution in [0.4, 0.5) is 0 Å². The fourth-order valence-corrected chi connectivity index (χ4v) is 12.6. The molecular weight excluding hydrogens is 540 g/mol. The van der Waals surface area contributed by atoms with Crippen molar-refractivity contribution >= 4 is 11.9 Å². The molecule has 6 heteroatoms. The molecule has 0 spiro atoms. The highest BCUT2D eigenvalue weighted by molar-refractivity contribution is 5.90. The van der Waals surface area contributed by atoms with E-state index >= 15 is 0 Å². The van der Waals surface area contributed by atoms with E-state index in [0.717, 1.165) is 44.9 Å². The zero-order chi connectivity index (χ0) is 31.2. The second kappa shape index (κ2) is 9.88. The van der Waals surface area contributed by atoms with Crippen molar-refractivity contribution in [2.45, 2.75) is 119 Å². The number of phenolic OH excluding ortho intramolecular Hbond substituents is 2. The molecule has 0 saturated heterocycles. The molecule has 6 rings (SSSR count). The molecular formula is C37H54O6. The van der Waals surface area contributed by atoms with Gasteiger partial charge >= 0.3 is 11.9 Å². The Morgan fingerprint density at radius 2 is 1.53 bits per heavy atom. The van der Waals surface area contributed by atoms with Crippen LogP contribution in [-0.4, -0.2) is 33.9 Å². The van der Waals surface area contributed by atoms with Gasteiger partial charge in [-0.15, -0.1) is 0 Å². The smallest absolute Gasteiger partial charge is 0.338 e. The zero-order valence-electron chi connectivity index (χ0n) is 27.3. The quantitative estimate of drug-likeness (QED) is 0.238. The van der Waals surface area contributed by atoms with Crippen molar-refractivity contribution in [1.82, 2.24) is 0 Å². The minimum absolute atomic E-state index is 0.0602. The van der Waals surface area contributed by atoms with E-state index in [1.54, 1.807) is 0 Å². The third kappa shape index (κ3) is 4.38. The van der Waals surface area contributed by atoms with Gasteiger partial charge in [-0.25, -0.2) is 4.79 Å². The standard InChI is InChI=1S/C37H54O6/c1-32(2)16-17-36(31(41)42)18-19-37(22-43-30(40)23-8-10-26(38)27(39)20-23)24(25(36)21-32)9-11-29-34(5)14-7-13-33(3,4)28(34)12-15-35(29,37)6/h8,10,20,24-25,28-29,38-39H,7,9,11-19,21-22H2,1-6H3,(H,41,42)/t24-,25+,28+,29-,34+,35-,36+,37+/m1/s1. The van der Waals surface area contributed by atoms with Gasteiger partial charge in [-0.3, -0.25) is 4.79 Å². The van der Waals surface area contributed by atoms with E-state index in [-0.39, 0.29) is 57.2 Å². The highest BCUT2D eigenvalue weighted by Gasteiger charge is 2.72. The van der Waals surface area contributed by atoms with Crippen molar-refractivity contribution in [2.24, 2.45) is 56.2 Å². The fraction of sp³-hybridized carbons (Fsp3) is 0.784. The van der Waals surface area contributed by atoms with Crippen LogP contribution in [0.15, 0.2) is 18.2 Å². The Kier molecular flexibility index (Phi) is 7.07. The van der Waals surface area contributed by atoms with E-state index in [0.29, 0.717) is 23.7 Å². The topological polar surface area (TPSA) is 104 Å². The molecule has 1 aromatic rings. The third-order valence-corrected chi connectivity index (χ3v) is 14.7. The van der Waals surface area contributed by atoms with Crippen molar-refractivity contribution in [1.29, 1.82) is 0 Å². The number of carboxylic acids is 1. The summed E-state index contributed by atoms with van der Waals surface area (Å²) in [6, 6.07) is 4.09. The Balaban J connectivity index is 1.43. The summed E-state index contributed by atoms with van der Waals surface area (Å²) >= 11 is 0. The molecule has 0 aromatic heterocycles. The minimum Gasteiger partial charge on any atom is -0.504 e. The molecule has 1 aromatic carbocycles. The van der Waals surface area contributed by atoms with Crippen molar-refractivity contribution in [2.75, 3.05) is 6.61 Å². The molecule has 3 N–H and O–H groups in total. The maximum atomic E-state index is 13.5. The Hall–Kier alpha value is -2.24. The number of carbonyl (C=O) groups is 2. The summed E-state index contributed by atoms with van der Waals surface area (Å²) in [5.41, 5.74) is -0.249. The van der Waals surface area contributed by atoms with Crippen LogP contribution in [0.2, 0.25) is 0 Å². The van der Waals surface area contributed by atoms with Crippen LogP contribution in [0.5, 0.6) is 11.5 Å². The van der Waals surface area contributed by atoms with E-state index in [2.05, 4.69) is 41.5 Å². The molecule has 238 valence electrons. The molecule has 5 aliphatic rings. The lowest BCUT2D eigenvalue weighted by Crippen LogP contribution is -2.69. The second-order valence-electron chi connectivity index (χ2n) is 17.5. The molecule has 0 aliphatic heterocycles. The number of fused-ring (bicyclic) bond motifs is 7. The van der Waals surface area contributed by atoms with Crippen molar-refractivity contribution in [3.8, 4) is 11.5 Å².